The molecule has 3 nitrogen and oxygen atoms in total. The fraction of sp³-hybridized carbons (Fsp3) is 0.300. The lowest BCUT2D eigenvalue weighted by Gasteiger charge is -2.21. The van der Waals surface area contributed by atoms with Crippen molar-refractivity contribution in [2.24, 2.45) is 0 Å². The second-order valence-electron chi connectivity index (χ2n) is 6.28. The standard InChI is InChI=1S/C20H22O3/c1-4-20(22)12-15(16-7-5-6-13(2)19(16)20)10-14-8-9-18(23-3)17(21)11-14/h4-9,11,15,21-22H,1,10,12H2,2-3H3. The van der Waals surface area contributed by atoms with Gasteiger partial charge in [0.25, 0.3) is 0 Å². The number of rotatable bonds is 4. The van der Waals surface area contributed by atoms with E-state index in [0.717, 1.165) is 23.1 Å². The minimum Gasteiger partial charge on any atom is -0.504 e. The third-order valence-electron chi connectivity index (χ3n) is 4.80. The fourth-order valence-corrected chi connectivity index (χ4v) is 3.72. The van der Waals surface area contributed by atoms with Crippen molar-refractivity contribution < 1.29 is 14.9 Å². The number of phenolic OH excluding ortho intramolecular Hbond substituents is 1. The molecule has 0 bridgehead atoms. The summed E-state index contributed by atoms with van der Waals surface area (Å²) in [7, 11) is 1.54. The Kier molecular flexibility index (Phi) is 3.90. The smallest absolute Gasteiger partial charge is 0.160 e. The molecule has 120 valence electrons. The van der Waals surface area contributed by atoms with Gasteiger partial charge in [0.2, 0.25) is 0 Å². The Balaban J connectivity index is 1.95. The predicted molar refractivity (Wildman–Crippen MR) is 91.0 cm³/mol. The summed E-state index contributed by atoms with van der Waals surface area (Å²) in [6, 6.07) is 11.6. The molecule has 2 unspecified atom stereocenters. The van der Waals surface area contributed by atoms with E-state index in [1.54, 1.807) is 18.2 Å². The molecule has 0 heterocycles. The van der Waals surface area contributed by atoms with Crippen LogP contribution in [-0.4, -0.2) is 17.3 Å². The lowest BCUT2D eigenvalue weighted by atomic mass is 9.92. The highest BCUT2D eigenvalue weighted by molar-refractivity contribution is 5.49. The summed E-state index contributed by atoms with van der Waals surface area (Å²) in [4.78, 5) is 0. The van der Waals surface area contributed by atoms with Crippen LogP contribution in [0.3, 0.4) is 0 Å². The third-order valence-corrected chi connectivity index (χ3v) is 4.80. The van der Waals surface area contributed by atoms with Gasteiger partial charge in [-0.3, -0.25) is 0 Å². The van der Waals surface area contributed by atoms with Crippen LogP contribution in [0.15, 0.2) is 49.1 Å². The van der Waals surface area contributed by atoms with Crippen LogP contribution in [0.4, 0.5) is 0 Å². The van der Waals surface area contributed by atoms with Crippen molar-refractivity contribution in [2.75, 3.05) is 7.11 Å². The molecule has 2 atom stereocenters. The Morgan fingerprint density at radius 1 is 1.35 bits per heavy atom. The maximum atomic E-state index is 10.9. The van der Waals surface area contributed by atoms with Crippen LogP contribution in [0.2, 0.25) is 0 Å². The lowest BCUT2D eigenvalue weighted by Crippen LogP contribution is -2.20. The molecule has 23 heavy (non-hydrogen) atoms. The molecule has 1 aliphatic rings. The second kappa shape index (κ2) is 5.74. The van der Waals surface area contributed by atoms with Gasteiger partial charge in [-0.25, -0.2) is 0 Å². The SMILES string of the molecule is C=CC1(O)CC(Cc2ccc(OC)c(O)c2)c2cccc(C)c21. The molecule has 0 amide bonds. The number of hydrogen-bond donors (Lipinski definition) is 2. The van der Waals surface area contributed by atoms with E-state index in [0.29, 0.717) is 12.2 Å². The fourth-order valence-electron chi connectivity index (χ4n) is 3.72. The highest BCUT2D eigenvalue weighted by Crippen LogP contribution is 2.48. The number of fused-ring (bicyclic) bond motifs is 1. The Labute approximate surface area is 136 Å². The molecule has 0 spiro atoms. The summed E-state index contributed by atoms with van der Waals surface area (Å²) in [6.07, 6.45) is 3.01. The molecule has 0 aromatic heterocycles. The van der Waals surface area contributed by atoms with Gasteiger partial charge in [-0.1, -0.05) is 36.9 Å². The van der Waals surface area contributed by atoms with E-state index in [1.807, 2.05) is 25.1 Å². The molecule has 0 saturated heterocycles. The maximum Gasteiger partial charge on any atom is 0.160 e. The van der Waals surface area contributed by atoms with Crippen LogP contribution >= 0.6 is 0 Å². The molecule has 2 aromatic rings. The molecule has 2 N–H and O–H groups in total. The zero-order valence-electron chi connectivity index (χ0n) is 13.5. The van der Waals surface area contributed by atoms with E-state index in [2.05, 4.69) is 12.6 Å². The van der Waals surface area contributed by atoms with Crippen molar-refractivity contribution in [2.45, 2.75) is 31.3 Å². The quantitative estimate of drug-likeness (QED) is 0.844. The van der Waals surface area contributed by atoms with Crippen molar-refractivity contribution >= 4 is 0 Å². The molecule has 0 saturated carbocycles. The number of aryl methyl sites for hydroxylation is 1. The first-order chi connectivity index (χ1) is 11.0. The molecule has 3 rings (SSSR count). The summed E-state index contributed by atoms with van der Waals surface area (Å²) in [5, 5.41) is 20.9. The Hall–Kier alpha value is -2.26. The average Bonchev–Trinajstić information content (AvgIpc) is 2.82. The van der Waals surface area contributed by atoms with Gasteiger partial charge in [0.15, 0.2) is 11.5 Å². The first-order valence-electron chi connectivity index (χ1n) is 7.80. The van der Waals surface area contributed by atoms with Gasteiger partial charge in [0.1, 0.15) is 5.60 Å². The summed E-state index contributed by atoms with van der Waals surface area (Å²) < 4.78 is 5.09. The average molecular weight is 310 g/mol. The van der Waals surface area contributed by atoms with E-state index in [9.17, 15) is 10.2 Å². The topological polar surface area (TPSA) is 49.7 Å². The number of aliphatic hydroxyl groups is 1. The number of benzene rings is 2. The summed E-state index contributed by atoms with van der Waals surface area (Å²) in [5.41, 5.74) is 3.29. The van der Waals surface area contributed by atoms with Crippen molar-refractivity contribution in [3.05, 3.63) is 71.3 Å². The zero-order valence-corrected chi connectivity index (χ0v) is 13.5. The van der Waals surface area contributed by atoms with Gasteiger partial charge in [-0.05, 0) is 60.1 Å². The highest BCUT2D eigenvalue weighted by atomic mass is 16.5. The largest absolute Gasteiger partial charge is 0.504 e. The second-order valence-corrected chi connectivity index (χ2v) is 6.28. The van der Waals surface area contributed by atoms with Crippen LogP contribution in [0.25, 0.3) is 0 Å². The molecule has 2 aromatic carbocycles. The van der Waals surface area contributed by atoms with Crippen molar-refractivity contribution in [3.8, 4) is 11.5 Å². The summed E-state index contributed by atoms with van der Waals surface area (Å²) in [6.45, 7) is 5.85. The van der Waals surface area contributed by atoms with Crippen molar-refractivity contribution in [1.29, 1.82) is 0 Å². The monoisotopic (exact) mass is 310 g/mol. The van der Waals surface area contributed by atoms with E-state index in [1.165, 1.54) is 12.7 Å². The first-order valence-corrected chi connectivity index (χ1v) is 7.80. The molecular formula is C20H22O3. The zero-order chi connectivity index (χ0) is 16.6. The summed E-state index contributed by atoms with van der Waals surface area (Å²) in [5.74, 6) is 0.811. The normalized spacial score (nSPS) is 22.7. The van der Waals surface area contributed by atoms with Gasteiger partial charge in [0.05, 0.1) is 7.11 Å². The van der Waals surface area contributed by atoms with Crippen LogP contribution in [0.5, 0.6) is 11.5 Å². The summed E-state index contributed by atoms with van der Waals surface area (Å²) >= 11 is 0. The Morgan fingerprint density at radius 3 is 2.78 bits per heavy atom. The minimum absolute atomic E-state index is 0.145. The van der Waals surface area contributed by atoms with E-state index in [-0.39, 0.29) is 11.7 Å². The predicted octanol–water partition coefficient (Wildman–Crippen LogP) is 3.81. The number of methoxy groups -OCH3 is 1. The number of phenols is 1. The minimum atomic E-state index is -0.972. The van der Waals surface area contributed by atoms with Crippen LogP contribution in [0.1, 0.15) is 34.6 Å². The van der Waals surface area contributed by atoms with Gasteiger partial charge in [-0.15, -0.1) is 0 Å². The molecule has 0 aliphatic heterocycles. The van der Waals surface area contributed by atoms with Gasteiger partial charge < -0.3 is 14.9 Å². The molecule has 3 heteroatoms. The van der Waals surface area contributed by atoms with Crippen molar-refractivity contribution in [3.63, 3.8) is 0 Å². The number of hydrogen-bond acceptors (Lipinski definition) is 3. The van der Waals surface area contributed by atoms with Crippen molar-refractivity contribution in [1.82, 2.24) is 0 Å². The van der Waals surface area contributed by atoms with Crippen LogP contribution in [-0.2, 0) is 12.0 Å². The maximum absolute atomic E-state index is 10.9. The van der Waals surface area contributed by atoms with Gasteiger partial charge in [-0.2, -0.15) is 0 Å². The molecular weight excluding hydrogens is 288 g/mol. The van der Waals surface area contributed by atoms with E-state index in [4.69, 9.17) is 4.74 Å². The third kappa shape index (κ3) is 2.62. The van der Waals surface area contributed by atoms with Crippen LogP contribution in [0, 0.1) is 6.92 Å². The molecule has 0 radical (unpaired) electrons. The van der Waals surface area contributed by atoms with E-state index >= 15 is 0 Å². The van der Waals surface area contributed by atoms with Gasteiger partial charge >= 0.3 is 0 Å². The number of ether oxygens (including phenoxy) is 1. The highest BCUT2D eigenvalue weighted by Gasteiger charge is 2.41. The lowest BCUT2D eigenvalue weighted by molar-refractivity contribution is 0.0855. The Bertz CT molecular complexity index is 751. The number of aromatic hydroxyl groups is 1. The molecule has 1 aliphatic carbocycles. The Morgan fingerprint density at radius 2 is 2.13 bits per heavy atom. The van der Waals surface area contributed by atoms with E-state index < -0.39 is 5.60 Å². The van der Waals surface area contributed by atoms with Gasteiger partial charge in [0, 0.05) is 0 Å². The molecule has 0 fully saturated rings. The van der Waals surface area contributed by atoms with Crippen LogP contribution < -0.4 is 4.74 Å². The first kappa shape index (κ1) is 15.6.